The molecule has 4 heteroatoms. The van der Waals surface area contributed by atoms with E-state index in [9.17, 15) is 0 Å². The number of hydrogen-bond donors (Lipinski definition) is 0. The Morgan fingerprint density at radius 3 is 0.800 bits per heavy atom. The van der Waals surface area contributed by atoms with Crippen molar-refractivity contribution in [2.45, 2.75) is 7.43 Å². The number of rotatable bonds is 0. The van der Waals surface area contributed by atoms with Crippen LogP contribution in [0.2, 0.25) is 0 Å². The van der Waals surface area contributed by atoms with E-state index < -0.39 is 0 Å². The molecule has 0 aliphatic rings. The van der Waals surface area contributed by atoms with Gasteiger partial charge in [0.1, 0.15) is 0 Å². The molecule has 0 atom stereocenters. The van der Waals surface area contributed by atoms with E-state index in [1.54, 1.807) is 0 Å². The summed E-state index contributed by atoms with van der Waals surface area (Å²) in [5, 5.41) is 0. The molecule has 0 unspecified atom stereocenters. The van der Waals surface area contributed by atoms with Crippen molar-refractivity contribution in [1.82, 2.24) is 0 Å². The van der Waals surface area contributed by atoms with Gasteiger partial charge in [-0.15, -0.1) is 0 Å². The van der Waals surface area contributed by atoms with Gasteiger partial charge < -0.3 is 11.0 Å². The second-order valence-electron chi connectivity index (χ2n) is 0. The van der Waals surface area contributed by atoms with Gasteiger partial charge in [0.15, 0.2) is 0 Å². The Balaban J connectivity index is 0. The fourth-order valence-electron chi connectivity index (χ4n) is 0. The van der Waals surface area contributed by atoms with Crippen molar-refractivity contribution in [1.29, 1.82) is 0 Å². The third-order valence-electron chi connectivity index (χ3n) is 0. The predicted octanol–water partition coefficient (Wildman–Crippen LogP) is -0.253. The van der Waals surface area contributed by atoms with E-state index in [1.807, 2.05) is 0 Å². The van der Waals surface area contributed by atoms with Crippen molar-refractivity contribution in [3.63, 3.8) is 0 Å². The minimum absolute atomic E-state index is 0. The third-order valence-corrected chi connectivity index (χ3v) is 0. The van der Waals surface area contributed by atoms with Crippen molar-refractivity contribution in [3.8, 4) is 0 Å². The van der Waals surface area contributed by atoms with E-state index in [-0.39, 0.29) is 59.0 Å². The quantitative estimate of drug-likeness (QED) is 0.380. The molecule has 0 aromatic heterocycles. The zero-order valence-corrected chi connectivity index (χ0v) is 2.88. The van der Waals surface area contributed by atoms with E-state index in [1.165, 1.54) is 0 Å². The molecule has 0 aliphatic carbocycles. The summed E-state index contributed by atoms with van der Waals surface area (Å²) in [6, 6.07) is 0. The molecule has 0 heterocycles. The normalized spacial score (nSPS) is 0. The van der Waals surface area contributed by atoms with Gasteiger partial charge in [0, 0.05) is 0 Å². The molecule has 0 radical (unpaired) electrons. The molecule has 0 fully saturated rings. The minimum Gasteiger partial charge on any atom is -2.00 e. The summed E-state index contributed by atoms with van der Waals surface area (Å²) < 4.78 is 0. The Morgan fingerprint density at radius 2 is 0.800 bits per heavy atom. The average molecular weight is 104 g/mol. The number of hydrogen-bond acceptors (Lipinski definition) is 0. The van der Waals surface area contributed by atoms with Gasteiger partial charge >= 0.3 is 40.6 Å². The fraction of sp³-hybridized carbons (Fsp3) is 1.00. The summed E-state index contributed by atoms with van der Waals surface area (Å²) in [5.41, 5.74) is 0. The molecule has 2 nitrogen and oxygen atoms in total. The molecule has 0 spiro atoms. The molecule has 0 saturated heterocycles. The zero-order valence-electron chi connectivity index (χ0n) is 1.32. The van der Waals surface area contributed by atoms with E-state index in [0.717, 1.165) is 0 Å². The Hall–Kier alpha value is 1.23. The van der Waals surface area contributed by atoms with E-state index in [0.29, 0.717) is 0 Å². The monoisotopic (exact) mass is 104 g/mol. The molecule has 5 heavy (non-hydrogen) atoms. The van der Waals surface area contributed by atoms with Crippen LogP contribution in [0, 0.1) is 0 Å². The van der Waals surface area contributed by atoms with Gasteiger partial charge in [0.05, 0.1) is 0 Å². The molecule has 0 N–H and O–H groups in total. The molecule has 0 aromatic rings. The van der Waals surface area contributed by atoms with Crippen LogP contribution in [0.4, 0.5) is 0 Å². The summed E-state index contributed by atoms with van der Waals surface area (Å²) in [4.78, 5) is 0. The maximum atomic E-state index is 0. The molecule has 26 valence electrons. The van der Waals surface area contributed by atoms with Crippen molar-refractivity contribution >= 4 is 18.9 Å². The van der Waals surface area contributed by atoms with Crippen LogP contribution in [0.3, 0.4) is 0 Å². The van der Waals surface area contributed by atoms with Gasteiger partial charge in [-0.2, -0.15) is 0 Å². The fourth-order valence-corrected chi connectivity index (χ4v) is 0. The maximum absolute atomic E-state index is 0. The molecular weight excluding hydrogens is 98.8 g/mol. The van der Waals surface area contributed by atoms with Crippen molar-refractivity contribution in [2.24, 2.45) is 0 Å². The first-order valence-corrected chi connectivity index (χ1v) is 0. The summed E-state index contributed by atoms with van der Waals surface area (Å²) in [6.45, 7) is 0. The molecule has 0 amide bonds. The summed E-state index contributed by atoms with van der Waals surface area (Å²) in [5.74, 6) is 0. The van der Waals surface area contributed by atoms with Crippen LogP contribution < -0.4 is 0 Å². The van der Waals surface area contributed by atoms with Crippen LogP contribution in [0.25, 0.3) is 0 Å². The molecule has 0 aliphatic heterocycles. The summed E-state index contributed by atoms with van der Waals surface area (Å²) in [7, 11) is 0. The smallest absolute Gasteiger partial charge is 2.00 e. The van der Waals surface area contributed by atoms with Crippen LogP contribution >= 0.6 is 0 Å². The molecule has 0 aromatic carbocycles. The third kappa shape index (κ3) is 36.0. The van der Waals surface area contributed by atoms with Gasteiger partial charge in [-0.1, -0.05) is 7.43 Å². The van der Waals surface area contributed by atoms with Crippen molar-refractivity contribution in [2.75, 3.05) is 0 Å². The van der Waals surface area contributed by atoms with Crippen LogP contribution in [0.15, 0.2) is 0 Å². The first-order valence-electron chi connectivity index (χ1n) is 0. The Bertz CT molecular complexity index is 9.61. The van der Waals surface area contributed by atoms with Crippen LogP contribution in [0.1, 0.15) is 7.43 Å². The van der Waals surface area contributed by atoms with Crippen molar-refractivity contribution < 1.29 is 32.7 Å². The van der Waals surface area contributed by atoms with Crippen LogP contribution in [-0.4, -0.2) is 18.9 Å². The molecule has 0 saturated carbocycles. The van der Waals surface area contributed by atoms with E-state index in [4.69, 9.17) is 0 Å². The van der Waals surface area contributed by atoms with Gasteiger partial charge in [-0.3, -0.25) is 0 Å². The second kappa shape index (κ2) is 61.8. The van der Waals surface area contributed by atoms with Gasteiger partial charge in [-0.05, 0) is 0 Å². The first kappa shape index (κ1) is 112. The summed E-state index contributed by atoms with van der Waals surface area (Å²) in [6.07, 6.45) is 0. The SMILES string of the molecule is C.[LiH].[O-2].[O-2].[Ti+4]. The average Bonchev–Trinajstić information content (AvgIpc) is 0. The topological polar surface area (TPSA) is 57.0 Å². The van der Waals surface area contributed by atoms with Crippen LogP contribution in [-0.2, 0) is 32.7 Å². The summed E-state index contributed by atoms with van der Waals surface area (Å²) >= 11 is 0. The largest absolute Gasteiger partial charge is 4.00 e. The first-order chi connectivity index (χ1) is 0. The minimum atomic E-state index is 0. The van der Waals surface area contributed by atoms with Crippen LogP contribution in [0.5, 0.6) is 0 Å². The Morgan fingerprint density at radius 1 is 0.800 bits per heavy atom. The van der Waals surface area contributed by atoms with E-state index in [2.05, 4.69) is 0 Å². The van der Waals surface area contributed by atoms with E-state index >= 15 is 0 Å². The Kier molecular flexibility index (Phi) is 1390. The molecule has 0 rings (SSSR count). The standard InChI is InChI=1S/CH4.Li.2O.Ti.H/h1H4;;;;;/q;;2*-2;+4;. The van der Waals surface area contributed by atoms with Gasteiger partial charge in [0.25, 0.3) is 0 Å². The van der Waals surface area contributed by atoms with Crippen molar-refractivity contribution in [3.05, 3.63) is 0 Å². The second-order valence-corrected chi connectivity index (χ2v) is 0. The molecule has 0 bridgehead atoms. The van der Waals surface area contributed by atoms with Gasteiger partial charge in [-0.25, -0.2) is 0 Å². The predicted molar refractivity (Wildman–Crippen MR) is 15.3 cm³/mol. The molecular formula is CH5LiO2Ti. The van der Waals surface area contributed by atoms with Gasteiger partial charge in [0.2, 0.25) is 0 Å². The zero-order chi connectivity index (χ0) is 0. The Labute approximate surface area is 59.0 Å². The maximum Gasteiger partial charge on any atom is 4.00 e.